The van der Waals surface area contributed by atoms with Gasteiger partial charge in [0.25, 0.3) is 0 Å². The minimum Gasteiger partial charge on any atom is -0.115 e. The number of terminal acetylenes is 1. The van der Waals surface area contributed by atoms with Crippen molar-refractivity contribution in [1.82, 2.24) is 0 Å². The molecule has 0 saturated carbocycles. The molecule has 0 aromatic rings. The van der Waals surface area contributed by atoms with Crippen molar-refractivity contribution in [3.8, 4) is 12.1 Å². The van der Waals surface area contributed by atoms with Gasteiger partial charge in [0.2, 0.25) is 0 Å². The van der Waals surface area contributed by atoms with E-state index < -0.39 is 0 Å². The van der Waals surface area contributed by atoms with Crippen molar-refractivity contribution in [1.29, 1.82) is 0 Å². The summed E-state index contributed by atoms with van der Waals surface area (Å²) in [7, 11) is -0.267. The molecule has 9 heavy (non-hydrogen) atoms. The summed E-state index contributed by atoms with van der Waals surface area (Å²) in [4.78, 5) is 0. The van der Waals surface area contributed by atoms with Gasteiger partial charge in [-0.25, -0.2) is 0 Å². The Morgan fingerprint density at radius 2 is 1.78 bits per heavy atom. The summed E-state index contributed by atoms with van der Waals surface area (Å²) >= 11 is 0. The maximum absolute atomic E-state index is 5.23. The minimum atomic E-state index is -0.267. The second-order valence-corrected chi connectivity index (χ2v) is 3.68. The van der Waals surface area contributed by atoms with Gasteiger partial charge in [-0.05, 0) is 20.2 Å². The smallest absolute Gasteiger partial charge is 0.00330 e. The molecule has 0 saturated heterocycles. The van der Waals surface area contributed by atoms with Gasteiger partial charge in [0.15, 0.2) is 0 Å². The largest absolute Gasteiger partial charge is 0.115 e. The van der Waals surface area contributed by atoms with Crippen LogP contribution in [0.3, 0.4) is 0 Å². The molecule has 0 spiro atoms. The highest BCUT2D eigenvalue weighted by molar-refractivity contribution is 7.63. The summed E-state index contributed by atoms with van der Waals surface area (Å²) in [5.41, 5.74) is 2.73. The average molecular weight is 138 g/mol. The van der Waals surface area contributed by atoms with Gasteiger partial charge in [-0.1, -0.05) is 17.8 Å². The van der Waals surface area contributed by atoms with Crippen LogP contribution >= 0.6 is 7.92 Å². The van der Waals surface area contributed by atoms with Crippen molar-refractivity contribution in [2.75, 3.05) is 12.3 Å². The maximum Gasteiger partial charge on any atom is -0.00330 e. The molecule has 0 unspecified atom stereocenters. The van der Waals surface area contributed by atoms with Gasteiger partial charge in [-0.2, -0.15) is 0 Å². The molecule has 0 fully saturated rings. The van der Waals surface area contributed by atoms with Crippen molar-refractivity contribution in [3.05, 3.63) is 25.3 Å². The lowest BCUT2D eigenvalue weighted by atomic mass is 10.8. The van der Waals surface area contributed by atoms with Gasteiger partial charge in [-0.3, -0.25) is 0 Å². The molecule has 0 aliphatic carbocycles. The summed E-state index contributed by atoms with van der Waals surface area (Å²) < 4.78 is 0. The van der Waals surface area contributed by atoms with Gasteiger partial charge < -0.3 is 0 Å². The molecule has 0 aliphatic heterocycles. The molecular formula is C8H11P. The summed E-state index contributed by atoms with van der Waals surface area (Å²) in [6.07, 6.45) is 10.9. The third kappa shape index (κ3) is 4.01. The molecule has 0 bridgehead atoms. The molecule has 0 atom stereocenters. The van der Waals surface area contributed by atoms with Crippen LogP contribution in [0.2, 0.25) is 0 Å². The van der Waals surface area contributed by atoms with Gasteiger partial charge >= 0.3 is 0 Å². The number of hydrogen-bond donors (Lipinski definition) is 0. The number of allylic oxidation sites excluding steroid dienone is 2. The zero-order valence-electron chi connectivity index (χ0n) is 5.51. The summed E-state index contributed by atoms with van der Waals surface area (Å²) in [5.74, 6) is 0. The van der Waals surface area contributed by atoms with Crippen LogP contribution in [0.1, 0.15) is 0 Å². The Morgan fingerprint density at radius 1 is 1.33 bits per heavy atom. The summed E-state index contributed by atoms with van der Waals surface area (Å²) in [6.45, 7) is 7.23. The van der Waals surface area contributed by atoms with Crippen LogP contribution < -0.4 is 0 Å². The van der Waals surface area contributed by atoms with E-state index in [4.69, 9.17) is 6.42 Å². The van der Waals surface area contributed by atoms with Crippen LogP contribution in [-0.2, 0) is 0 Å². The van der Waals surface area contributed by atoms with Crippen molar-refractivity contribution in [2.24, 2.45) is 0 Å². The molecule has 0 aromatic heterocycles. The Bertz CT molecular complexity index is 120. The zero-order chi connectivity index (χ0) is 7.11. The first-order valence-corrected chi connectivity index (χ1v) is 4.49. The zero-order valence-corrected chi connectivity index (χ0v) is 6.40. The van der Waals surface area contributed by atoms with E-state index in [-0.39, 0.29) is 7.92 Å². The van der Waals surface area contributed by atoms with E-state index in [1.54, 1.807) is 0 Å². The van der Waals surface area contributed by atoms with E-state index in [2.05, 4.69) is 18.8 Å². The molecule has 0 rings (SSSR count). The van der Waals surface area contributed by atoms with Crippen molar-refractivity contribution in [2.45, 2.75) is 0 Å². The highest BCUT2D eigenvalue weighted by Crippen LogP contribution is 2.32. The third-order valence-electron chi connectivity index (χ3n) is 0.882. The lowest BCUT2D eigenvalue weighted by Gasteiger charge is -2.01. The van der Waals surface area contributed by atoms with Crippen LogP contribution in [0.15, 0.2) is 25.3 Å². The molecule has 0 nitrogen and oxygen atoms in total. The molecule has 0 aliphatic rings. The number of rotatable bonds is 4. The molecular weight excluding hydrogens is 127 g/mol. The lowest BCUT2D eigenvalue weighted by Crippen LogP contribution is -1.79. The normalized spacial score (nSPS) is 8.44. The van der Waals surface area contributed by atoms with E-state index in [9.17, 15) is 0 Å². The standard InChI is InChI=1S/C8H11P/c1-4-7-9(6-3)8-5-2/h3-5H,1-2,7-8H2. The van der Waals surface area contributed by atoms with Crippen molar-refractivity contribution in [3.63, 3.8) is 0 Å². The SMILES string of the molecule is C#CP(CC=C)CC=C. The van der Waals surface area contributed by atoms with Gasteiger partial charge in [0.05, 0.1) is 0 Å². The van der Waals surface area contributed by atoms with Crippen molar-refractivity contribution < 1.29 is 0 Å². The molecule has 0 amide bonds. The first-order valence-electron chi connectivity index (χ1n) is 2.78. The van der Waals surface area contributed by atoms with Gasteiger partial charge in [0.1, 0.15) is 0 Å². The fraction of sp³-hybridized carbons (Fsp3) is 0.250. The Morgan fingerprint density at radius 3 is 2.00 bits per heavy atom. The lowest BCUT2D eigenvalue weighted by molar-refractivity contribution is 1.69. The molecule has 1 heteroatoms. The predicted molar refractivity (Wildman–Crippen MR) is 45.9 cm³/mol. The second kappa shape index (κ2) is 5.60. The van der Waals surface area contributed by atoms with E-state index in [1.165, 1.54) is 0 Å². The quantitative estimate of drug-likeness (QED) is 0.318. The Kier molecular flexibility index (Phi) is 5.27. The number of hydrogen-bond acceptors (Lipinski definition) is 0. The Hall–Kier alpha value is -0.530. The Labute approximate surface area is 58.4 Å². The van der Waals surface area contributed by atoms with Crippen LogP contribution in [0.4, 0.5) is 0 Å². The van der Waals surface area contributed by atoms with E-state index in [0.717, 1.165) is 12.3 Å². The van der Waals surface area contributed by atoms with E-state index in [0.29, 0.717) is 0 Å². The summed E-state index contributed by atoms with van der Waals surface area (Å²) in [5, 5.41) is 0. The molecule has 0 radical (unpaired) electrons. The van der Waals surface area contributed by atoms with E-state index in [1.807, 2.05) is 12.2 Å². The van der Waals surface area contributed by atoms with E-state index >= 15 is 0 Å². The average Bonchev–Trinajstić information content (AvgIpc) is 1.88. The predicted octanol–water partition coefficient (Wildman–Crippen LogP) is 2.43. The molecule has 48 valence electrons. The highest BCUT2D eigenvalue weighted by Gasteiger charge is 1.95. The topological polar surface area (TPSA) is 0 Å². The van der Waals surface area contributed by atoms with Gasteiger partial charge in [0, 0.05) is 0 Å². The molecule has 0 aromatic carbocycles. The first kappa shape index (κ1) is 8.47. The second-order valence-electron chi connectivity index (χ2n) is 1.61. The molecule has 0 N–H and O–H groups in total. The van der Waals surface area contributed by atoms with Crippen LogP contribution in [0.25, 0.3) is 0 Å². The van der Waals surface area contributed by atoms with Crippen LogP contribution in [0.5, 0.6) is 0 Å². The fourth-order valence-corrected chi connectivity index (χ4v) is 1.47. The minimum absolute atomic E-state index is 0.267. The highest BCUT2D eigenvalue weighted by atomic mass is 31.1. The first-order chi connectivity index (χ1) is 4.35. The van der Waals surface area contributed by atoms with Gasteiger partial charge in [-0.15, -0.1) is 19.6 Å². The molecule has 0 heterocycles. The van der Waals surface area contributed by atoms with Crippen molar-refractivity contribution >= 4 is 7.92 Å². The summed E-state index contributed by atoms with van der Waals surface area (Å²) in [6, 6.07) is 0. The van der Waals surface area contributed by atoms with Crippen LogP contribution in [-0.4, -0.2) is 12.3 Å². The third-order valence-corrected chi connectivity index (χ3v) is 2.64. The Balaban J connectivity index is 3.56. The maximum atomic E-state index is 5.23. The monoisotopic (exact) mass is 138 g/mol. The van der Waals surface area contributed by atoms with Crippen LogP contribution in [0, 0.1) is 12.1 Å². The fourth-order valence-electron chi connectivity index (χ4n) is 0.492.